The molecule has 2 aliphatic heterocycles. The number of amides is 2. The third kappa shape index (κ3) is 4.65. The molecule has 2 amide bonds. The fourth-order valence-electron chi connectivity index (χ4n) is 5.57. The third-order valence-corrected chi connectivity index (χ3v) is 7.78. The van der Waals surface area contributed by atoms with Crippen LogP contribution in [0.4, 0.5) is 0 Å². The van der Waals surface area contributed by atoms with E-state index >= 15 is 0 Å². The van der Waals surface area contributed by atoms with Gasteiger partial charge in [0, 0.05) is 38.5 Å². The van der Waals surface area contributed by atoms with Crippen molar-refractivity contribution in [3.63, 3.8) is 0 Å². The van der Waals surface area contributed by atoms with Gasteiger partial charge in [-0.25, -0.2) is 0 Å². The zero-order chi connectivity index (χ0) is 21.1. The van der Waals surface area contributed by atoms with Crippen molar-refractivity contribution in [3.05, 3.63) is 29.8 Å². The highest BCUT2D eigenvalue weighted by Gasteiger charge is 2.42. The van der Waals surface area contributed by atoms with Crippen LogP contribution in [0.2, 0.25) is 0 Å². The molecule has 1 aromatic carbocycles. The Balaban J connectivity index is 1.33. The molecule has 0 aromatic heterocycles. The molecule has 0 atom stereocenters. The Kier molecular flexibility index (Phi) is 6.35. The predicted molar refractivity (Wildman–Crippen MR) is 117 cm³/mol. The second-order valence-corrected chi connectivity index (χ2v) is 9.88. The van der Waals surface area contributed by atoms with Gasteiger partial charge in [0.05, 0.1) is 7.11 Å². The smallest absolute Gasteiger partial charge is 0.225 e. The van der Waals surface area contributed by atoms with Gasteiger partial charge in [-0.1, -0.05) is 19.1 Å². The first-order valence-electron chi connectivity index (χ1n) is 11.7. The Bertz CT molecular complexity index is 744. The topological polar surface area (TPSA) is 49.9 Å². The lowest BCUT2D eigenvalue weighted by molar-refractivity contribution is -0.145. The first-order valence-corrected chi connectivity index (χ1v) is 11.7. The summed E-state index contributed by atoms with van der Waals surface area (Å²) >= 11 is 0. The molecule has 164 valence electrons. The fourth-order valence-corrected chi connectivity index (χ4v) is 5.57. The van der Waals surface area contributed by atoms with Crippen molar-refractivity contribution in [2.24, 2.45) is 17.3 Å². The zero-order valence-corrected chi connectivity index (χ0v) is 18.6. The van der Waals surface area contributed by atoms with E-state index in [9.17, 15) is 9.59 Å². The molecular formula is C25H36N2O3. The van der Waals surface area contributed by atoms with Crippen molar-refractivity contribution in [1.29, 1.82) is 0 Å². The number of likely N-dealkylation sites (tertiary alicyclic amines) is 2. The molecular weight excluding hydrogens is 376 g/mol. The van der Waals surface area contributed by atoms with Gasteiger partial charge < -0.3 is 14.5 Å². The van der Waals surface area contributed by atoms with Crippen LogP contribution >= 0.6 is 0 Å². The molecule has 2 heterocycles. The quantitative estimate of drug-likeness (QED) is 0.743. The molecule has 0 bridgehead atoms. The Hall–Kier alpha value is -2.04. The first-order chi connectivity index (χ1) is 14.5. The largest absolute Gasteiger partial charge is 0.497 e. The highest BCUT2D eigenvalue weighted by Crippen LogP contribution is 2.41. The van der Waals surface area contributed by atoms with Crippen LogP contribution in [0, 0.1) is 17.3 Å². The number of carbonyl (C=O) groups excluding carboxylic acids is 2. The molecule has 5 heteroatoms. The lowest BCUT2D eigenvalue weighted by atomic mass is 9.72. The van der Waals surface area contributed by atoms with E-state index in [1.807, 2.05) is 29.2 Å². The van der Waals surface area contributed by atoms with Crippen molar-refractivity contribution in [3.8, 4) is 5.75 Å². The standard InChI is InChI=1S/C25H36N2O3/c1-19-3-7-21(8-4-19)24(29)26-15-13-25(14-16-26)12-11-23(28)27(18-25)17-20-5-9-22(30-2)10-6-20/h5-6,9-10,19,21H,3-4,7-8,11-18H2,1-2H3. The first kappa shape index (κ1) is 21.2. The summed E-state index contributed by atoms with van der Waals surface area (Å²) in [6, 6.07) is 7.99. The van der Waals surface area contributed by atoms with Gasteiger partial charge in [0.2, 0.25) is 11.8 Å². The van der Waals surface area contributed by atoms with Crippen LogP contribution in [0.25, 0.3) is 0 Å². The summed E-state index contributed by atoms with van der Waals surface area (Å²) in [6.45, 7) is 5.49. The van der Waals surface area contributed by atoms with Gasteiger partial charge in [-0.2, -0.15) is 0 Å². The Morgan fingerprint density at radius 1 is 1.07 bits per heavy atom. The number of methoxy groups -OCH3 is 1. The van der Waals surface area contributed by atoms with Gasteiger partial charge in [0.1, 0.15) is 5.75 Å². The second kappa shape index (κ2) is 8.99. The predicted octanol–water partition coefficient (Wildman–Crippen LogP) is 4.25. The number of piperidine rings is 2. The van der Waals surface area contributed by atoms with Crippen LogP contribution in [0.1, 0.15) is 63.9 Å². The van der Waals surface area contributed by atoms with Crippen molar-refractivity contribution in [1.82, 2.24) is 9.80 Å². The minimum absolute atomic E-state index is 0.179. The van der Waals surface area contributed by atoms with E-state index in [2.05, 4.69) is 11.8 Å². The number of ether oxygens (including phenoxy) is 1. The van der Waals surface area contributed by atoms with E-state index in [1.165, 1.54) is 12.8 Å². The van der Waals surface area contributed by atoms with E-state index in [0.717, 1.165) is 69.0 Å². The molecule has 1 aromatic rings. The minimum Gasteiger partial charge on any atom is -0.497 e. The molecule has 0 radical (unpaired) electrons. The molecule has 0 unspecified atom stereocenters. The number of hydrogen-bond donors (Lipinski definition) is 0. The Morgan fingerprint density at radius 3 is 2.37 bits per heavy atom. The van der Waals surface area contributed by atoms with Crippen LogP contribution in [0.5, 0.6) is 5.75 Å². The molecule has 1 saturated carbocycles. The molecule has 3 aliphatic rings. The number of rotatable bonds is 4. The Morgan fingerprint density at radius 2 is 1.73 bits per heavy atom. The number of hydrogen-bond acceptors (Lipinski definition) is 3. The highest BCUT2D eigenvalue weighted by molar-refractivity contribution is 5.79. The van der Waals surface area contributed by atoms with Gasteiger partial charge in [-0.05, 0) is 74.0 Å². The maximum Gasteiger partial charge on any atom is 0.225 e. The van der Waals surface area contributed by atoms with Gasteiger partial charge in [-0.3, -0.25) is 9.59 Å². The van der Waals surface area contributed by atoms with Crippen molar-refractivity contribution in [2.45, 2.75) is 64.8 Å². The normalized spacial score (nSPS) is 26.7. The zero-order valence-electron chi connectivity index (χ0n) is 18.6. The third-order valence-electron chi connectivity index (χ3n) is 7.78. The van der Waals surface area contributed by atoms with Gasteiger partial charge >= 0.3 is 0 Å². The average molecular weight is 413 g/mol. The van der Waals surface area contributed by atoms with Crippen molar-refractivity contribution in [2.75, 3.05) is 26.7 Å². The van der Waals surface area contributed by atoms with Crippen LogP contribution in [0.3, 0.4) is 0 Å². The van der Waals surface area contributed by atoms with Crippen LogP contribution < -0.4 is 4.74 Å². The summed E-state index contributed by atoms with van der Waals surface area (Å²) in [5, 5.41) is 0. The summed E-state index contributed by atoms with van der Waals surface area (Å²) < 4.78 is 5.24. The van der Waals surface area contributed by atoms with Gasteiger partial charge in [0.25, 0.3) is 0 Å². The Labute approximate surface area is 180 Å². The molecule has 0 N–H and O–H groups in total. The summed E-state index contributed by atoms with van der Waals surface area (Å²) in [7, 11) is 1.67. The van der Waals surface area contributed by atoms with E-state index in [-0.39, 0.29) is 17.2 Å². The SMILES string of the molecule is COc1ccc(CN2CC3(CCC2=O)CCN(C(=O)C2CCC(C)CC2)CC3)cc1. The average Bonchev–Trinajstić information content (AvgIpc) is 2.78. The van der Waals surface area contributed by atoms with E-state index < -0.39 is 0 Å². The van der Waals surface area contributed by atoms with E-state index in [4.69, 9.17) is 4.74 Å². The van der Waals surface area contributed by atoms with Crippen LogP contribution in [-0.2, 0) is 16.1 Å². The van der Waals surface area contributed by atoms with E-state index in [0.29, 0.717) is 18.9 Å². The van der Waals surface area contributed by atoms with Crippen molar-refractivity contribution < 1.29 is 14.3 Å². The maximum atomic E-state index is 13.0. The van der Waals surface area contributed by atoms with Gasteiger partial charge in [0.15, 0.2) is 0 Å². The highest BCUT2D eigenvalue weighted by atomic mass is 16.5. The van der Waals surface area contributed by atoms with E-state index in [1.54, 1.807) is 7.11 Å². The van der Waals surface area contributed by atoms with Crippen molar-refractivity contribution >= 4 is 11.8 Å². The summed E-state index contributed by atoms with van der Waals surface area (Å²) in [5.74, 6) is 2.50. The molecule has 1 aliphatic carbocycles. The molecule has 30 heavy (non-hydrogen) atoms. The lowest BCUT2D eigenvalue weighted by Crippen LogP contribution is -2.52. The van der Waals surface area contributed by atoms with Crippen LogP contribution in [0.15, 0.2) is 24.3 Å². The maximum absolute atomic E-state index is 13.0. The molecule has 1 spiro atoms. The molecule has 3 fully saturated rings. The number of carbonyl (C=O) groups is 2. The van der Waals surface area contributed by atoms with Gasteiger partial charge in [-0.15, -0.1) is 0 Å². The minimum atomic E-state index is 0.179. The summed E-state index contributed by atoms with van der Waals surface area (Å²) in [5.41, 5.74) is 1.32. The molecule has 2 saturated heterocycles. The summed E-state index contributed by atoms with van der Waals surface area (Å²) in [4.78, 5) is 29.7. The number of benzene rings is 1. The lowest BCUT2D eigenvalue weighted by Gasteiger charge is -2.48. The fraction of sp³-hybridized carbons (Fsp3) is 0.680. The molecule has 5 nitrogen and oxygen atoms in total. The second-order valence-electron chi connectivity index (χ2n) is 9.88. The monoisotopic (exact) mass is 412 g/mol. The van der Waals surface area contributed by atoms with Crippen LogP contribution in [-0.4, -0.2) is 48.4 Å². The molecule has 4 rings (SSSR count). The number of nitrogens with zero attached hydrogens (tertiary/aromatic N) is 2. The summed E-state index contributed by atoms with van der Waals surface area (Å²) in [6.07, 6.45) is 8.14.